The highest BCUT2D eigenvalue weighted by molar-refractivity contribution is 5.69. The Bertz CT molecular complexity index is 199. The molecule has 0 aromatic rings. The van der Waals surface area contributed by atoms with Gasteiger partial charge in [-0.3, -0.25) is 4.79 Å². The largest absolute Gasteiger partial charge is 0.377 e. The standard InChI is InChI=1S/C10H20N2O3/c1-8-4-2-3-5-9(8)14-7-6-10(13)15-12-11/h8-9,12H,2-7,11H2,1H3. The molecule has 3 N–H and O–H groups in total. The van der Waals surface area contributed by atoms with Crippen molar-refractivity contribution in [1.82, 2.24) is 5.59 Å². The van der Waals surface area contributed by atoms with Gasteiger partial charge in [0.1, 0.15) is 0 Å². The topological polar surface area (TPSA) is 73.6 Å². The summed E-state index contributed by atoms with van der Waals surface area (Å²) in [4.78, 5) is 15.3. The van der Waals surface area contributed by atoms with Crippen molar-refractivity contribution in [2.45, 2.75) is 45.1 Å². The van der Waals surface area contributed by atoms with Gasteiger partial charge in [0, 0.05) is 0 Å². The van der Waals surface area contributed by atoms with E-state index >= 15 is 0 Å². The maximum absolute atomic E-state index is 10.9. The number of carbonyl (C=O) groups excluding carboxylic acids is 1. The quantitative estimate of drug-likeness (QED) is 0.527. The van der Waals surface area contributed by atoms with Gasteiger partial charge in [0.25, 0.3) is 0 Å². The number of hydrogen-bond donors (Lipinski definition) is 2. The van der Waals surface area contributed by atoms with Gasteiger partial charge in [-0.2, -0.15) is 0 Å². The fourth-order valence-corrected chi connectivity index (χ4v) is 1.94. The second kappa shape index (κ2) is 6.76. The van der Waals surface area contributed by atoms with Gasteiger partial charge >= 0.3 is 5.97 Å². The third-order valence-corrected chi connectivity index (χ3v) is 2.84. The van der Waals surface area contributed by atoms with Crippen molar-refractivity contribution in [1.29, 1.82) is 0 Å². The highest BCUT2D eigenvalue weighted by atomic mass is 16.7. The summed E-state index contributed by atoms with van der Waals surface area (Å²) in [7, 11) is 0. The molecule has 1 aliphatic carbocycles. The number of hydrogen-bond acceptors (Lipinski definition) is 5. The van der Waals surface area contributed by atoms with Crippen LogP contribution >= 0.6 is 0 Å². The molecule has 2 atom stereocenters. The molecule has 0 radical (unpaired) electrons. The summed E-state index contributed by atoms with van der Waals surface area (Å²) in [5.74, 6) is 5.04. The number of nitrogens with one attached hydrogen (secondary N) is 1. The fourth-order valence-electron chi connectivity index (χ4n) is 1.94. The minimum atomic E-state index is -0.388. The monoisotopic (exact) mass is 216 g/mol. The molecule has 0 heterocycles. The fraction of sp³-hybridized carbons (Fsp3) is 0.900. The van der Waals surface area contributed by atoms with Crippen LogP contribution in [0.3, 0.4) is 0 Å². The van der Waals surface area contributed by atoms with Crippen LogP contribution < -0.4 is 11.4 Å². The van der Waals surface area contributed by atoms with Crippen molar-refractivity contribution in [2.75, 3.05) is 6.61 Å². The van der Waals surface area contributed by atoms with Gasteiger partial charge in [-0.25, -0.2) is 5.84 Å². The molecule has 15 heavy (non-hydrogen) atoms. The lowest BCUT2D eigenvalue weighted by molar-refractivity contribution is -0.153. The van der Waals surface area contributed by atoms with Gasteiger partial charge in [0.15, 0.2) is 0 Å². The molecule has 0 aromatic carbocycles. The zero-order valence-corrected chi connectivity index (χ0v) is 9.20. The lowest BCUT2D eigenvalue weighted by Crippen LogP contribution is -2.29. The third kappa shape index (κ3) is 4.59. The first-order valence-electron chi connectivity index (χ1n) is 5.51. The molecule has 5 nitrogen and oxygen atoms in total. The van der Waals surface area contributed by atoms with Gasteiger partial charge in [0.2, 0.25) is 0 Å². The van der Waals surface area contributed by atoms with Crippen LogP contribution in [0.15, 0.2) is 0 Å². The highest BCUT2D eigenvalue weighted by Gasteiger charge is 2.21. The van der Waals surface area contributed by atoms with Gasteiger partial charge in [-0.15, -0.1) is 0 Å². The van der Waals surface area contributed by atoms with Crippen LogP contribution in [0, 0.1) is 5.92 Å². The summed E-state index contributed by atoms with van der Waals surface area (Å²) in [5.41, 5.74) is 1.86. The van der Waals surface area contributed by atoms with Crippen molar-refractivity contribution in [3.05, 3.63) is 0 Å². The average Bonchev–Trinajstić information content (AvgIpc) is 2.21. The molecule has 1 rings (SSSR count). The van der Waals surface area contributed by atoms with Gasteiger partial charge in [0.05, 0.1) is 19.1 Å². The molecule has 0 spiro atoms. The zero-order valence-electron chi connectivity index (χ0n) is 9.20. The molecule has 0 saturated heterocycles. The Morgan fingerprint density at radius 3 is 2.87 bits per heavy atom. The summed E-state index contributed by atoms with van der Waals surface area (Å²) in [6, 6.07) is 0. The summed E-state index contributed by atoms with van der Waals surface area (Å²) in [5, 5.41) is 0. The number of rotatable bonds is 5. The van der Waals surface area contributed by atoms with Crippen LogP contribution in [0.25, 0.3) is 0 Å². The van der Waals surface area contributed by atoms with E-state index < -0.39 is 0 Å². The molecule has 1 saturated carbocycles. The van der Waals surface area contributed by atoms with Crippen LogP contribution in [-0.2, 0) is 14.4 Å². The van der Waals surface area contributed by atoms with Gasteiger partial charge in [-0.05, 0) is 18.8 Å². The summed E-state index contributed by atoms with van der Waals surface area (Å²) in [6.07, 6.45) is 5.39. The SMILES string of the molecule is CC1CCCCC1OCCC(=O)ONN. The number of nitrogens with two attached hydrogens (primary N) is 1. The van der Waals surface area contributed by atoms with Crippen molar-refractivity contribution in [2.24, 2.45) is 11.8 Å². The highest BCUT2D eigenvalue weighted by Crippen LogP contribution is 2.26. The molecular formula is C10H20N2O3. The van der Waals surface area contributed by atoms with E-state index in [1.165, 1.54) is 19.3 Å². The van der Waals surface area contributed by atoms with E-state index in [-0.39, 0.29) is 12.4 Å². The van der Waals surface area contributed by atoms with Crippen LogP contribution in [-0.4, -0.2) is 18.7 Å². The molecule has 2 unspecified atom stereocenters. The van der Waals surface area contributed by atoms with Crippen molar-refractivity contribution in [3.63, 3.8) is 0 Å². The third-order valence-electron chi connectivity index (χ3n) is 2.84. The van der Waals surface area contributed by atoms with E-state index in [2.05, 4.69) is 11.8 Å². The van der Waals surface area contributed by atoms with E-state index in [0.717, 1.165) is 6.42 Å². The maximum atomic E-state index is 10.9. The van der Waals surface area contributed by atoms with E-state index in [1.54, 1.807) is 0 Å². The van der Waals surface area contributed by atoms with E-state index in [4.69, 9.17) is 10.6 Å². The van der Waals surface area contributed by atoms with Crippen LogP contribution in [0.2, 0.25) is 0 Å². The Morgan fingerprint density at radius 2 is 2.20 bits per heavy atom. The first kappa shape index (κ1) is 12.4. The predicted octanol–water partition coefficient (Wildman–Crippen LogP) is 0.893. The van der Waals surface area contributed by atoms with E-state index in [9.17, 15) is 4.79 Å². The van der Waals surface area contributed by atoms with E-state index in [0.29, 0.717) is 18.6 Å². The Hall–Kier alpha value is -0.650. The van der Waals surface area contributed by atoms with Crippen molar-refractivity contribution < 1.29 is 14.4 Å². The summed E-state index contributed by atoms with van der Waals surface area (Å²) >= 11 is 0. The predicted molar refractivity (Wildman–Crippen MR) is 55.4 cm³/mol. The number of carbonyl (C=O) groups is 1. The normalized spacial score (nSPS) is 26.3. The smallest absolute Gasteiger partial charge is 0.328 e. The summed E-state index contributed by atoms with van der Waals surface area (Å²) < 4.78 is 5.64. The molecule has 0 aliphatic heterocycles. The first-order chi connectivity index (χ1) is 7.24. The Balaban J connectivity index is 2.10. The average molecular weight is 216 g/mol. The molecule has 5 heteroatoms. The Labute approximate surface area is 90.2 Å². The minimum Gasteiger partial charge on any atom is -0.377 e. The Kier molecular flexibility index (Phi) is 5.60. The van der Waals surface area contributed by atoms with Gasteiger partial charge < -0.3 is 9.57 Å². The zero-order chi connectivity index (χ0) is 11.1. The Morgan fingerprint density at radius 1 is 1.47 bits per heavy atom. The molecule has 1 fully saturated rings. The molecular weight excluding hydrogens is 196 g/mol. The maximum Gasteiger partial charge on any atom is 0.328 e. The van der Waals surface area contributed by atoms with Crippen molar-refractivity contribution in [3.8, 4) is 0 Å². The van der Waals surface area contributed by atoms with Crippen LogP contribution in [0.4, 0.5) is 0 Å². The molecule has 0 bridgehead atoms. The molecule has 0 amide bonds. The van der Waals surface area contributed by atoms with E-state index in [1.807, 2.05) is 5.59 Å². The summed E-state index contributed by atoms with van der Waals surface area (Å²) in [6.45, 7) is 2.61. The van der Waals surface area contributed by atoms with Crippen molar-refractivity contribution >= 4 is 5.97 Å². The lowest BCUT2D eigenvalue weighted by Gasteiger charge is -2.28. The van der Waals surface area contributed by atoms with Crippen LogP contribution in [0.5, 0.6) is 0 Å². The molecule has 88 valence electrons. The number of hydrazine groups is 1. The van der Waals surface area contributed by atoms with Crippen LogP contribution in [0.1, 0.15) is 39.0 Å². The molecule has 0 aromatic heterocycles. The first-order valence-corrected chi connectivity index (χ1v) is 5.51. The van der Waals surface area contributed by atoms with Gasteiger partial charge in [-0.1, -0.05) is 25.4 Å². The second-order valence-corrected chi connectivity index (χ2v) is 4.01. The molecule has 1 aliphatic rings. The minimum absolute atomic E-state index is 0.243. The lowest BCUT2D eigenvalue weighted by atomic mass is 9.88. The number of ether oxygens (including phenoxy) is 1. The second-order valence-electron chi connectivity index (χ2n) is 4.01.